The van der Waals surface area contributed by atoms with Crippen LogP contribution in [0.2, 0.25) is 0 Å². The molecule has 0 saturated carbocycles. The highest BCUT2D eigenvalue weighted by Crippen LogP contribution is 2.19. The first-order valence-corrected chi connectivity index (χ1v) is 10.8. The van der Waals surface area contributed by atoms with Gasteiger partial charge in [0.25, 0.3) is 11.8 Å². The Bertz CT molecular complexity index is 1330. The van der Waals surface area contributed by atoms with E-state index in [0.29, 0.717) is 11.4 Å². The Hall–Kier alpha value is -4.55. The predicted molar refractivity (Wildman–Crippen MR) is 131 cm³/mol. The van der Waals surface area contributed by atoms with Crippen molar-refractivity contribution < 1.29 is 28.7 Å². The van der Waals surface area contributed by atoms with Gasteiger partial charge < -0.3 is 33.8 Å². The third kappa shape index (κ3) is 6.11. The molecule has 3 N–H and O–H groups in total. The van der Waals surface area contributed by atoms with E-state index in [0.717, 1.165) is 0 Å². The van der Waals surface area contributed by atoms with Gasteiger partial charge in [-0.2, -0.15) is 0 Å². The Morgan fingerprint density at radius 1 is 0.806 bits per heavy atom. The van der Waals surface area contributed by atoms with Gasteiger partial charge in [0, 0.05) is 39.7 Å². The van der Waals surface area contributed by atoms with Crippen LogP contribution >= 0.6 is 0 Å². The van der Waals surface area contributed by atoms with E-state index >= 15 is 0 Å². The largest absolute Gasteiger partial charge is 0.464 e. The highest BCUT2D eigenvalue weighted by atomic mass is 16.6. The molecule has 0 saturated heterocycles. The van der Waals surface area contributed by atoms with Gasteiger partial charge in [0.2, 0.25) is 5.82 Å². The Balaban J connectivity index is 1.68. The normalized spacial score (nSPS) is 11.1. The van der Waals surface area contributed by atoms with Gasteiger partial charge >= 0.3 is 12.1 Å². The first-order valence-electron chi connectivity index (χ1n) is 10.8. The molecular weight excluding hydrogens is 470 g/mol. The number of carbonyl (C=O) groups excluding carboxylic acids is 4. The molecule has 0 spiro atoms. The fourth-order valence-corrected chi connectivity index (χ4v) is 3.33. The lowest BCUT2D eigenvalue weighted by Gasteiger charge is -2.18. The van der Waals surface area contributed by atoms with E-state index in [-0.39, 0.29) is 23.0 Å². The van der Waals surface area contributed by atoms with Crippen molar-refractivity contribution in [1.29, 1.82) is 0 Å². The fourth-order valence-electron chi connectivity index (χ4n) is 3.33. The van der Waals surface area contributed by atoms with Crippen LogP contribution in [0.25, 0.3) is 0 Å². The predicted octanol–water partition coefficient (Wildman–Crippen LogP) is 2.74. The quantitative estimate of drug-likeness (QED) is 0.441. The van der Waals surface area contributed by atoms with Crippen molar-refractivity contribution in [3.63, 3.8) is 0 Å². The van der Waals surface area contributed by atoms with Gasteiger partial charge in [0.15, 0.2) is 5.82 Å². The zero-order valence-corrected chi connectivity index (χ0v) is 21.1. The molecule has 0 aromatic carbocycles. The summed E-state index contributed by atoms with van der Waals surface area (Å²) in [6.45, 7) is 5.20. The summed E-state index contributed by atoms with van der Waals surface area (Å²) in [7, 11) is 6.19. The number of amides is 3. The van der Waals surface area contributed by atoms with E-state index in [1.54, 1.807) is 58.9 Å². The van der Waals surface area contributed by atoms with Crippen LogP contribution in [0, 0.1) is 0 Å². The molecule has 0 aliphatic rings. The summed E-state index contributed by atoms with van der Waals surface area (Å²) in [5, 5.41) is 7.89. The van der Waals surface area contributed by atoms with Gasteiger partial charge in [-0.15, -0.1) is 0 Å². The van der Waals surface area contributed by atoms with Crippen LogP contribution in [0.15, 0.2) is 30.7 Å². The number of methoxy groups -OCH3 is 1. The minimum Gasteiger partial charge on any atom is -0.464 e. The molecular formula is C23H29N7O6. The first kappa shape index (κ1) is 26.1. The summed E-state index contributed by atoms with van der Waals surface area (Å²) in [6.07, 6.45) is 3.94. The molecule has 0 aliphatic carbocycles. The summed E-state index contributed by atoms with van der Waals surface area (Å²) in [4.78, 5) is 53.5. The van der Waals surface area contributed by atoms with Crippen molar-refractivity contribution in [2.24, 2.45) is 21.1 Å². The van der Waals surface area contributed by atoms with Crippen LogP contribution in [0.1, 0.15) is 52.4 Å². The zero-order chi connectivity index (χ0) is 26.8. The van der Waals surface area contributed by atoms with Crippen LogP contribution in [0.3, 0.4) is 0 Å². The maximum Gasteiger partial charge on any atom is 0.413 e. The number of nitrogens with zero attached hydrogens (tertiary/aromatic N) is 4. The van der Waals surface area contributed by atoms with Gasteiger partial charge in [-0.3, -0.25) is 14.9 Å². The number of ether oxygens (including phenoxy) is 2. The van der Waals surface area contributed by atoms with E-state index in [2.05, 4.69) is 20.9 Å². The summed E-state index contributed by atoms with van der Waals surface area (Å²) in [5.74, 6) is -1.32. The molecule has 3 aromatic heterocycles. The molecule has 3 aromatic rings. The molecule has 13 nitrogen and oxygen atoms in total. The van der Waals surface area contributed by atoms with Crippen molar-refractivity contribution in [3.8, 4) is 0 Å². The van der Waals surface area contributed by atoms with Crippen LogP contribution < -0.4 is 16.0 Å². The van der Waals surface area contributed by atoms with E-state index < -0.39 is 29.5 Å². The number of carbonyl (C=O) groups is 4. The van der Waals surface area contributed by atoms with Crippen molar-refractivity contribution in [2.45, 2.75) is 26.4 Å². The number of nitrogens with one attached hydrogen (secondary N) is 3. The van der Waals surface area contributed by atoms with Crippen LogP contribution in [-0.2, 0) is 30.6 Å². The highest BCUT2D eigenvalue weighted by molar-refractivity contribution is 6.06. The molecule has 0 radical (unpaired) electrons. The van der Waals surface area contributed by atoms with Gasteiger partial charge in [-0.1, -0.05) is 0 Å². The number of anilines is 3. The number of esters is 1. The number of aromatic nitrogens is 4. The molecule has 0 unspecified atom stereocenters. The topological polar surface area (TPSA) is 151 Å². The maximum atomic E-state index is 12.8. The minimum atomic E-state index is -0.691. The smallest absolute Gasteiger partial charge is 0.413 e. The van der Waals surface area contributed by atoms with E-state index in [1.165, 1.54) is 34.6 Å². The SMILES string of the molecule is COC(=O)c1cc(NC(=O)c2cc(NC(=O)c3nc(NC(=O)OC(C)(C)C)cn3C)cn2C)cn1C. The van der Waals surface area contributed by atoms with Crippen LogP contribution in [0.5, 0.6) is 0 Å². The molecule has 36 heavy (non-hydrogen) atoms. The second kappa shape index (κ2) is 9.98. The van der Waals surface area contributed by atoms with Crippen molar-refractivity contribution in [2.75, 3.05) is 23.1 Å². The third-order valence-electron chi connectivity index (χ3n) is 4.86. The molecule has 3 amide bonds. The number of hydrogen-bond acceptors (Lipinski definition) is 7. The number of rotatable bonds is 6. The number of hydrogen-bond donors (Lipinski definition) is 3. The molecule has 3 heterocycles. The van der Waals surface area contributed by atoms with Crippen LogP contribution in [0.4, 0.5) is 22.0 Å². The molecule has 0 atom stereocenters. The number of aryl methyl sites for hydroxylation is 3. The van der Waals surface area contributed by atoms with Crippen molar-refractivity contribution in [1.82, 2.24) is 18.7 Å². The molecule has 0 aliphatic heterocycles. The Morgan fingerprint density at radius 3 is 1.94 bits per heavy atom. The van der Waals surface area contributed by atoms with Gasteiger partial charge in [0.05, 0.1) is 18.5 Å². The average Bonchev–Trinajstić information content (AvgIpc) is 3.42. The standard InChI is InChI=1S/C23H29N7O6/c1-23(2,3)36-22(34)27-17-12-30(6)18(26-17)20(32)25-13-8-15(28(4)10-13)19(31)24-14-9-16(21(33)35-7)29(5)11-14/h8-12H,1-7H3,(H,24,31)(H,25,32)(H,27,34). The zero-order valence-electron chi connectivity index (χ0n) is 21.1. The lowest BCUT2D eigenvalue weighted by Crippen LogP contribution is -2.27. The fraction of sp³-hybridized carbons (Fsp3) is 0.348. The summed E-state index contributed by atoms with van der Waals surface area (Å²) in [6, 6.07) is 3.00. The maximum absolute atomic E-state index is 12.8. The average molecular weight is 500 g/mol. The Labute approximate surface area is 207 Å². The minimum absolute atomic E-state index is 0.0375. The number of imidazole rings is 1. The summed E-state index contributed by atoms with van der Waals surface area (Å²) < 4.78 is 14.4. The Kier molecular flexibility index (Phi) is 7.22. The summed E-state index contributed by atoms with van der Waals surface area (Å²) >= 11 is 0. The van der Waals surface area contributed by atoms with Gasteiger partial charge in [0.1, 0.15) is 17.0 Å². The molecule has 13 heteroatoms. The van der Waals surface area contributed by atoms with E-state index in [9.17, 15) is 19.2 Å². The molecule has 0 fully saturated rings. The lowest BCUT2D eigenvalue weighted by atomic mass is 10.2. The van der Waals surface area contributed by atoms with Gasteiger partial charge in [-0.25, -0.2) is 14.6 Å². The van der Waals surface area contributed by atoms with Crippen molar-refractivity contribution in [3.05, 3.63) is 47.9 Å². The summed E-state index contributed by atoms with van der Waals surface area (Å²) in [5.41, 5.74) is 0.637. The molecule has 0 bridgehead atoms. The molecule has 3 rings (SSSR count). The monoisotopic (exact) mass is 499 g/mol. The van der Waals surface area contributed by atoms with Gasteiger partial charge in [-0.05, 0) is 32.9 Å². The van der Waals surface area contributed by atoms with E-state index in [1.807, 2.05) is 0 Å². The highest BCUT2D eigenvalue weighted by Gasteiger charge is 2.21. The first-order chi connectivity index (χ1) is 16.8. The second-order valence-corrected chi connectivity index (χ2v) is 9.04. The Morgan fingerprint density at radius 2 is 1.36 bits per heavy atom. The second-order valence-electron chi connectivity index (χ2n) is 9.04. The van der Waals surface area contributed by atoms with Crippen molar-refractivity contribution >= 4 is 41.1 Å². The third-order valence-corrected chi connectivity index (χ3v) is 4.86. The van der Waals surface area contributed by atoms with E-state index in [4.69, 9.17) is 9.47 Å². The van der Waals surface area contributed by atoms with Crippen LogP contribution in [-0.4, -0.2) is 55.3 Å². The molecule has 192 valence electrons. The lowest BCUT2D eigenvalue weighted by molar-refractivity contribution is 0.0587.